The largest absolute Gasteiger partial charge is 0.368 e. The molecule has 0 saturated carbocycles. The maximum absolute atomic E-state index is 6.42. The van der Waals surface area contributed by atoms with Gasteiger partial charge in [0, 0.05) is 31.6 Å². The first kappa shape index (κ1) is 17.2. The van der Waals surface area contributed by atoms with Gasteiger partial charge in [0.15, 0.2) is 0 Å². The third-order valence-corrected chi connectivity index (χ3v) is 5.39. The Labute approximate surface area is 131 Å². The van der Waals surface area contributed by atoms with Crippen LogP contribution in [0, 0.1) is 17.8 Å². The van der Waals surface area contributed by atoms with Crippen LogP contribution in [-0.2, 0) is 4.74 Å². The molecule has 3 nitrogen and oxygen atoms in total. The molecule has 0 bridgehead atoms. The Balaban J connectivity index is 2.11. The molecule has 0 spiro atoms. The van der Waals surface area contributed by atoms with Crippen LogP contribution in [0.3, 0.4) is 0 Å². The molecule has 2 rings (SSSR count). The summed E-state index contributed by atoms with van der Waals surface area (Å²) in [6, 6.07) is 0.435. The summed E-state index contributed by atoms with van der Waals surface area (Å²) < 4.78 is 6.42. The summed E-state index contributed by atoms with van der Waals surface area (Å²) in [6.07, 6.45) is 1.38. The number of hydrogen-bond acceptors (Lipinski definition) is 3. The predicted octanol–water partition coefficient (Wildman–Crippen LogP) is 3.15. The zero-order valence-corrected chi connectivity index (χ0v) is 15.2. The van der Waals surface area contributed by atoms with Crippen LogP contribution >= 0.6 is 0 Å². The van der Waals surface area contributed by atoms with E-state index in [4.69, 9.17) is 4.74 Å². The van der Waals surface area contributed by atoms with Crippen molar-refractivity contribution in [3.8, 4) is 0 Å². The van der Waals surface area contributed by atoms with E-state index < -0.39 is 0 Å². The van der Waals surface area contributed by atoms with Crippen molar-refractivity contribution in [2.45, 2.75) is 72.1 Å². The Kier molecular flexibility index (Phi) is 5.07. The number of likely N-dealkylation sites (tertiary alicyclic amines) is 1. The van der Waals surface area contributed by atoms with Gasteiger partial charge in [0.25, 0.3) is 0 Å². The first-order valence-corrected chi connectivity index (χ1v) is 8.81. The summed E-state index contributed by atoms with van der Waals surface area (Å²) in [6.45, 7) is 20.7. The van der Waals surface area contributed by atoms with Gasteiger partial charge in [-0.2, -0.15) is 0 Å². The van der Waals surface area contributed by atoms with Crippen molar-refractivity contribution >= 4 is 0 Å². The van der Waals surface area contributed by atoms with Gasteiger partial charge in [-0.1, -0.05) is 20.8 Å². The van der Waals surface area contributed by atoms with Crippen LogP contribution in [0.1, 0.15) is 54.9 Å². The average Bonchev–Trinajstić information content (AvgIpc) is 2.46. The van der Waals surface area contributed by atoms with E-state index in [2.05, 4.69) is 58.7 Å². The zero-order valence-electron chi connectivity index (χ0n) is 15.2. The Hall–Kier alpha value is -0.120. The van der Waals surface area contributed by atoms with E-state index in [1.807, 2.05) is 0 Å². The van der Waals surface area contributed by atoms with Crippen LogP contribution in [0.15, 0.2) is 0 Å². The number of likely N-dealkylation sites (N-methyl/N-ethyl adjacent to an activating group) is 1. The van der Waals surface area contributed by atoms with Crippen molar-refractivity contribution in [3.05, 3.63) is 0 Å². The molecule has 0 aromatic heterocycles. The minimum atomic E-state index is -0.0861. The number of piperidine rings is 1. The average molecular weight is 296 g/mol. The van der Waals surface area contributed by atoms with Crippen LogP contribution in [0.2, 0.25) is 0 Å². The van der Waals surface area contributed by atoms with Crippen LogP contribution < -0.4 is 5.32 Å². The molecule has 4 unspecified atom stereocenters. The van der Waals surface area contributed by atoms with Crippen LogP contribution in [0.4, 0.5) is 0 Å². The highest BCUT2D eigenvalue weighted by molar-refractivity contribution is 5.06. The van der Waals surface area contributed by atoms with Crippen molar-refractivity contribution < 1.29 is 4.74 Å². The second kappa shape index (κ2) is 6.17. The third-order valence-electron chi connectivity index (χ3n) is 5.39. The first-order valence-electron chi connectivity index (χ1n) is 8.81. The molecule has 1 N–H and O–H groups in total. The van der Waals surface area contributed by atoms with Gasteiger partial charge in [-0.15, -0.1) is 0 Å². The Morgan fingerprint density at radius 2 is 1.62 bits per heavy atom. The van der Waals surface area contributed by atoms with Crippen LogP contribution in [-0.4, -0.2) is 48.3 Å². The fourth-order valence-corrected chi connectivity index (χ4v) is 4.86. The smallest absolute Gasteiger partial charge is 0.0790 e. The number of hydrogen-bond donors (Lipinski definition) is 1. The molecule has 2 fully saturated rings. The maximum atomic E-state index is 6.42. The van der Waals surface area contributed by atoms with Crippen molar-refractivity contribution in [1.82, 2.24) is 10.2 Å². The SMILES string of the molecule is CCNC1C(CN2CC(C)CC(C)C2)C(C)(C)OC1(C)C. The Morgan fingerprint density at radius 3 is 2.14 bits per heavy atom. The first-order chi connectivity index (χ1) is 9.65. The molecule has 4 atom stereocenters. The molecule has 3 heteroatoms. The third kappa shape index (κ3) is 3.80. The molecule has 2 aliphatic heterocycles. The monoisotopic (exact) mass is 296 g/mol. The summed E-state index contributed by atoms with van der Waals surface area (Å²) in [5, 5.41) is 3.70. The molecule has 0 aromatic rings. The van der Waals surface area contributed by atoms with E-state index in [1.54, 1.807) is 0 Å². The minimum Gasteiger partial charge on any atom is -0.368 e. The van der Waals surface area contributed by atoms with Crippen molar-refractivity contribution in [3.63, 3.8) is 0 Å². The fraction of sp³-hybridized carbons (Fsp3) is 1.00. The molecule has 0 aromatic carbocycles. The molecule has 2 aliphatic rings. The van der Waals surface area contributed by atoms with E-state index in [9.17, 15) is 0 Å². The van der Waals surface area contributed by atoms with Crippen LogP contribution in [0.25, 0.3) is 0 Å². The van der Waals surface area contributed by atoms with E-state index in [0.29, 0.717) is 12.0 Å². The summed E-state index contributed by atoms with van der Waals surface area (Å²) in [4.78, 5) is 2.68. The maximum Gasteiger partial charge on any atom is 0.0790 e. The Bertz CT molecular complexity index is 343. The van der Waals surface area contributed by atoms with Crippen molar-refractivity contribution in [1.29, 1.82) is 0 Å². The van der Waals surface area contributed by atoms with Gasteiger partial charge in [0.2, 0.25) is 0 Å². The second-order valence-electron chi connectivity index (χ2n) is 8.62. The molecule has 2 heterocycles. The Morgan fingerprint density at radius 1 is 1.05 bits per heavy atom. The van der Waals surface area contributed by atoms with Gasteiger partial charge >= 0.3 is 0 Å². The highest BCUT2D eigenvalue weighted by Gasteiger charge is 2.53. The topological polar surface area (TPSA) is 24.5 Å². The standard InChI is InChI=1S/C18H36N2O/c1-8-19-16-15(17(4,5)21-18(16,6)7)12-20-10-13(2)9-14(3)11-20/h13-16,19H,8-12H2,1-7H3. The summed E-state index contributed by atoms with van der Waals surface area (Å²) >= 11 is 0. The van der Waals surface area contributed by atoms with Crippen LogP contribution in [0.5, 0.6) is 0 Å². The molecule has 0 aliphatic carbocycles. The molecular formula is C18H36N2O. The van der Waals surface area contributed by atoms with E-state index >= 15 is 0 Å². The van der Waals surface area contributed by atoms with Gasteiger partial charge in [-0.3, -0.25) is 0 Å². The molecule has 124 valence electrons. The summed E-state index contributed by atoms with van der Waals surface area (Å²) in [7, 11) is 0. The second-order valence-corrected chi connectivity index (χ2v) is 8.62. The number of rotatable bonds is 4. The fourth-order valence-electron chi connectivity index (χ4n) is 4.86. The van der Waals surface area contributed by atoms with Gasteiger partial charge < -0.3 is 15.0 Å². The number of ether oxygens (including phenoxy) is 1. The van der Waals surface area contributed by atoms with Gasteiger partial charge in [0.05, 0.1) is 11.2 Å². The normalized spacial score (nSPS) is 39.6. The highest BCUT2D eigenvalue weighted by atomic mass is 16.5. The lowest BCUT2D eigenvalue weighted by Crippen LogP contribution is -2.52. The number of nitrogens with one attached hydrogen (secondary N) is 1. The summed E-state index contributed by atoms with van der Waals surface area (Å²) in [5.74, 6) is 2.19. The van der Waals surface area contributed by atoms with E-state index in [-0.39, 0.29) is 11.2 Å². The lowest BCUT2D eigenvalue weighted by molar-refractivity contribution is -0.0804. The predicted molar refractivity (Wildman–Crippen MR) is 89.6 cm³/mol. The van der Waals surface area contributed by atoms with E-state index in [1.165, 1.54) is 19.5 Å². The highest BCUT2D eigenvalue weighted by Crippen LogP contribution is 2.43. The van der Waals surface area contributed by atoms with Gasteiger partial charge in [-0.25, -0.2) is 0 Å². The molecule has 0 radical (unpaired) electrons. The minimum absolute atomic E-state index is 0.0553. The lowest BCUT2D eigenvalue weighted by Gasteiger charge is -2.40. The van der Waals surface area contributed by atoms with Crippen molar-refractivity contribution in [2.75, 3.05) is 26.2 Å². The molecule has 21 heavy (non-hydrogen) atoms. The van der Waals surface area contributed by atoms with Gasteiger partial charge in [0.1, 0.15) is 0 Å². The molecule has 0 amide bonds. The van der Waals surface area contributed by atoms with Gasteiger partial charge in [-0.05, 0) is 52.5 Å². The quantitative estimate of drug-likeness (QED) is 0.862. The summed E-state index contributed by atoms with van der Waals surface area (Å²) in [5.41, 5.74) is -0.141. The lowest BCUT2D eigenvalue weighted by atomic mass is 9.81. The number of nitrogens with zero attached hydrogens (tertiary/aromatic N) is 1. The molecule has 2 saturated heterocycles. The molecular weight excluding hydrogens is 260 g/mol. The zero-order chi connectivity index (χ0) is 15.8. The van der Waals surface area contributed by atoms with Crippen molar-refractivity contribution in [2.24, 2.45) is 17.8 Å². The van der Waals surface area contributed by atoms with E-state index in [0.717, 1.165) is 24.9 Å².